The van der Waals surface area contributed by atoms with E-state index in [1.54, 1.807) is 12.3 Å². The lowest BCUT2D eigenvalue weighted by atomic mass is 10.0. The fourth-order valence-corrected chi connectivity index (χ4v) is 2.98. The minimum Gasteiger partial charge on any atom is -0.454 e. The lowest BCUT2D eigenvalue weighted by Gasteiger charge is -2.08. The van der Waals surface area contributed by atoms with Gasteiger partial charge in [-0.1, -0.05) is 6.07 Å². The highest BCUT2D eigenvalue weighted by atomic mass is 16.7. The summed E-state index contributed by atoms with van der Waals surface area (Å²) in [5.74, 6) is 1.47. The highest BCUT2D eigenvalue weighted by Crippen LogP contribution is 2.35. The van der Waals surface area contributed by atoms with Gasteiger partial charge in [-0.15, -0.1) is 0 Å². The largest absolute Gasteiger partial charge is 0.454 e. The fraction of sp³-hybridized carbons (Fsp3) is 0.158. The average Bonchev–Trinajstić information content (AvgIpc) is 3.02. The minimum absolute atomic E-state index is 0.00128. The number of aromatic nitrogens is 2. The number of hydrogen-bond acceptors (Lipinski definition) is 4. The summed E-state index contributed by atoms with van der Waals surface area (Å²) < 4.78 is 10.7. The van der Waals surface area contributed by atoms with Crippen molar-refractivity contribution in [3.63, 3.8) is 0 Å². The monoisotopic (exact) mass is 320 g/mol. The molecule has 1 N–H and O–H groups in total. The molecule has 0 unspecified atom stereocenters. The van der Waals surface area contributed by atoms with E-state index in [1.165, 1.54) is 0 Å². The van der Waals surface area contributed by atoms with Crippen molar-refractivity contribution in [2.45, 2.75) is 13.8 Å². The molecule has 5 nitrogen and oxygen atoms in total. The molecule has 4 rings (SSSR count). The molecule has 0 aliphatic carbocycles. The summed E-state index contributed by atoms with van der Waals surface area (Å²) in [7, 11) is 0. The zero-order chi connectivity index (χ0) is 16.7. The second kappa shape index (κ2) is 5.53. The van der Waals surface area contributed by atoms with Crippen molar-refractivity contribution < 1.29 is 9.47 Å². The van der Waals surface area contributed by atoms with Crippen molar-refractivity contribution in [3.05, 3.63) is 64.2 Å². The van der Waals surface area contributed by atoms with E-state index in [9.17, 15) is 4.79 Å². The Kier molecular flexibility index (Phi) is 3.34. The summed E-state index contributed by atoms with van der Waals surface area (Å²) in [6, 6.07) is 11.2. The molecule has 0 saturated heterocycles. The molecule has 3 heterocycles. The summed E-state index contributed by atoms with van der Waals surface area (Å²) in [6.45, 7) is 4.02. The normalized spacial score (nSPS) is 12.4. The van der Waals surface area contributed by atoms with Crippen LogP contribution in [0, 0.1) is 13.8 Å². The molecule has 0 atom stereocenters. The van der Waals surface area contributed by atoms with Crippen LogP contribution in [0.1, 0.15) is 11.4 Å². The van der Waals surface area contributed by atoms with Gasteiger partial charge in [-0.25, -0.2) is 0 Å². The van der Waals surface area contributed by atoms with Crippen LogP contribution in [0.4, 0.5) is 0 Å². The second-order valence-electron chi connectivity index (χ2n) is 5.82. The summed E-state index contributed by atoms with van der Waals surface area (Å²) >= 11 is 0. The molecule has 5 heteroatoms. The predicted octanol–water partition coefficient (Wildman–Crippen LogP) is 3.45. The lowest BCUT2D eigenvalue weighted by Crippen LogP contribution is -2.08. The number of benzene rings is 1. The Morgan fingerprint density at radius 3 is 2.54 bits per heavy atom. The molecule has 2 aromatic heterocycles. The van der Waals surface area contributed by atoms with E-state index in [4.69, 9.17) is 9.47 Å². The van der Waals surface area contributed by atoms with Gasteiger partial charge >= 0.3 is 0 Å². The van der Waals surface area contributed by atoms with Gasteiger partial charge in [-0.05, 0) is 38.1 Å². The average molecular weight is 320 g/mol. The zero-order valence-corrected chi connectivity index (χ0v) is 13.4. The Morgan fingerprint density at radius 1 is 1.00 bits per heavy atom. The quantitative estimate of drug-likeness (QED) is 0.785. The molecule has 0 bridgehead atoms. The predicted molar refractivity (Wildman–Crippen MR) is 91.3 cm³/mol. The van der Waals surface area contributed by atoms with Crippen LogP contribution in [-0.2, 0) is 0 Å². The zero-order valence-electron chi connectivity index (χ0n) is 13.4. The standard InChI is InChI=1S/C19H16N2O3/c1-11-7-16(22)19(12(2)21-11)14-3-5-15(20-9-14)13-4-6-17-18(8-13)24-10-23-17/h3-9H,10H2,1-2H3,(H,21,22). The van der Waals surface area contributed by atoms with Crippen LogP contribution >= 0.6 is 0 Å². The van der Waals surface area contributed by atoms with Gasteiger partial charge < -0.3 is 14.5 Å². The smallest absolute Gasteiger partial charge is 0.231 e. The van der Waals surface area contributed by atoms with Gasteiger partial charge in [0.25, 0.3) is 0 Å². The van der Waals surface area contributed by atoms with E-state index in [0.717, 1.165) is 39.7 Å². The van der Waals surface area contributed by atoms with E-state index in [1.807, 2.05) is 44.2 Å². The van der Waals surface area contributed by atoms with E-state index >= 15 is 0 Å². The summed E-state index contributed by atoms with van der Waals surface area (Å²) in [4.78, 5) is 20.0. The van der Waals surface area contributed by atoms with Crippen LogP contribution in [0.5, 0.6) is 11.5 Å². The molecular weight excluding hydrogens is 304 g/mol. The van der Waals surface area contributed by atoms with Gasteiger partial charge in [-0.3, -0.25) is 9.78 Å². The Balaban J connectivity index is 1.72. The Hall–Kier alpha value is -3.08. The first-order valence-electron chi connectivity index (χ1n) is 7.69. The molecule has 24 heavy (non-hydrogen) atoms. The number of H-pyrrole nitrogens is 1. The molecule has 0 spiro atoms. The first kappa shape index (κ1) is 14.5. The molecule has 1 aliphatic heterocycles. The first-order chi connectivity index (χ1) is 11.6. The molecule has 0 radical (unpaired) electrons. The van der Waals surface area contributed by atoms with Crippen LogP contribution in [0.2, 0.25) is 0 Å². The van der Waals surface area contributed by atoms with Gasteiger partial charge in [0.2, 0.25) is 6.79 Å². The number of hydrogen-bond donors (Lipinski definition) is 1. The Labute approximate surface area is 138 Å². The van der Waals surface area contributed by atoms with E-state index in [-0.39, 0.29) is 12.2 Å². The molecule has 1 aliphatic rings. The number of ether oxygens (including phenoxy) is 2. The molecule has 3 aromatic rings. The summed E-state index contributed by atoms with van der Waals surface area (Å²) in [5, 5.41) is 0. The van der Waals surface area contributed by atoms with Gasteiger partial charge in [0.15, 0.2) is 16.9 Å². The third kappa shape index (κ3) is 2.44. The minimum atomic E-state index is 0.00128. The molecule has 0 amide bonds. The summed E-state index contributed by atoms with van der Waals surface area (Å²) in [5.41, 5.74) is 4.92. The fourth-order valence-electron chi connectivity index (χ4n) is 2.98. The molecule has 0 saturated carbocycles. The molecular formula is C19H16N2O3. The number of nitrogens with zero attached hydrogens (tertiary/aromatic N) is 1. The Morgan fingerprint density at radius 2 is 1.79 bits per heavy atom. The second-order valence-corrected chi connectivity index (χ2v) is 5.82. The highest BCUT2D eigenvalue weighted by molar-refractivity contribution is 5.69. The number of fused-ring (bicyclic) bond motifs is 1. The SMILES string of the molecule is Cc1cc(=O)c(-c2ccc(-c3ccc4c(c3)OCO4)nc2)c(C)[nH]1. The van der Waals surface area contributed by atoms with Gasteiger partial charge in [0.1, 0.15) is 0 Å². The van der Waals surface area contributed by atoms with Crippen molar-refractivity contribution in [1.82, 2.24) is 9.97 Å². The van der Waals surface area contributed by atoms with E-state index in [0.29, 0.717) is 5.56 Å². The number of aryl methyl sites for hydroxylation is 2. The van der Waals surface area contributed by atoms with Gasteiger partial charge in [0.05, 0.1) is 5.69 Å². The maximum Gasteiger partial charge on any atom is 0.231 e. The number of aromatic amines is 1. The lowest BCUT2D eigenvalue weighted by molar-refractivity contribution is 0.174. The first-order valence-corrected chi connectivity index (χ1v) is 7.69. The van der Waals surface area contributed by atoms with Crippen LogP contribution in [0.3, 0.4) is 0 Å². The molecule has 1 aromatic carbocycles. The van der Waals surface area contributed by atoms with E-state index in [2.05, 4.69) is 9.97 Å². The van der Waals surface area contributed by atoms with Gasteiger partial charge in [-0.2, -0.15) is 0 Å². The molecule has 0 fully saturated rings. The van der Waals surface area contributed by atoms with Crippen LogP contribution in [0.15, 0.2) is 47.4 Å². The van der Waals surface area contributed by atoms with Crippen molar-refractivity contribution in [1.29, 1.82) is 0 Å². The number of nitrogens with one attached hydrogen (secondary N) is 1. The van der Waals surface area contributed by atoms with Gasteiger partial charge in [0, 0.05) is 40.3 Å². The van der Waals surface area contributed by atoms with E-state index < -0.39 is 0 Å². The maximum atomic E-state index is 12.3. The Bertz CT molecular complexity index is 975. The maximum absolute atomic E-state index is 12.3. The number of rotatable bonds is 2. The third-order valence-electron chi connectivity index (χ3n) is 4.07. The number of pyridine rings is 2. The van der Waals surface area contributed by atoms with Crippen LogP contribution in [-0.4, -0.2) is 16.8 Å². The van der Waals surface area contributed by atoms with Crippen LogP contribution in [0.25, 0.3) is 22.4 Å². The van der Waals surface area contributed by atoms with Crippen molar-refractivity contribution in [2.24, 2.45) is 0 Å². The highest BCUT2D eigenvalue weighted by Gasteiger charge is 2.15. The van der Waals surface area contributed by atoms with Crippen molar-refractivity contribution in [2.75, 3.05) is 6.79 Å². The van der Waals surface area contributed by atoms with Crippen molar-refractivity contribution >= 4 is 0 Å². The topological polar surface area (TPSA) is 64.2 Å². The third-order valence-corrected chi connectivity index (χ3v) is 4.07. The molecule has 120 valence electrons. The van der Waals surface area contributed by atoms with Crippen molar-refractivity contribution in [3.8, 4) is 33.9 Å². The summed E-state index contributed by atoms with van der Waals surface area (Å²) in [6.07, 6.45) is 1.73. The van der Waals surface area contributed by atoms with Crippen LogP contribution < -0.4 is 14.9 Å².